The van der Waals surface area contributed by atoms with Crippen LogP contribution in [0, 0.1) is 5.41 Å². The van der Waals surface area contributed by atoms with Crippen molar-refractivity contribution >= 4 is 44.5 Å². The SMILES string of the molecule is COc1ccc(C2c3c(ncn(/N=C/c4ccc(Cl)cc4)c3=N)Oc3ccc4cc(Br)ccc4c32)cc1. The number of halogens is 2. The van der Waals surface area contributed by atoms with E-state index in [2.05, 4.69) is 38.1 Å². The summed E-state index contributed by atoms with van der Waals surface area (Å²) < 4.78 is 14.1. The maximum atomic E-state index is 9.14. The van der Waals surface area contributed by atoms with Crippen molar-refractivity contribution < 1.29 is 9.47 Å². The number of methoxy groups -OCH3 is 1. The maximum absolute atomic E-state index is 9.14. The van der Waals surface area contributed by atoms with Gasteiger partial charge < -0.3 is 9.47 Å². The summed E-state index contributed by atoms with van der Waals surface area (Å²) in [5, 5.41) is 16.4. The largest absolute Gasteiger partial charge is 0.497 e. The summed E-state index contributed by atoms with van der Waals surface area (Å²) in [6.07, 6.45) is 3.18. The van der Waals surface area contributed by atoms with E-state index < -0.39 is 0 Å². The number of hydrogen-bond acceptors (Lipinski definition) is 5. The fourth-order valence-electron chi connectivity index (χ4n) is 4.64. The topological polar surface area (TPSA) is 72.5 Å². The van der Waals surface area contributed by atoms with Crippen LogP contribution in [0.5, 0.6) is 17.4 Å². The number of benzene rings is 4. The third kappa shape index (κ3) is 4.30. The number of aromatic nitrogens is 2. The third-order valence-corrected chi connectivity index (χ3v) is 7.16. The van der Waals surface area contributed by atoms with Gasteiger partial charge in [-0.25, -0.2) is 9.66 Å². The highest BCUT2D eigenvalue weighted by Crippen LogP contribution is 2.48. The molecule has 0 aliphatic carbocycles. The van der Waals surface area contributed by atoms with Gasteiger partial charge >= 0.3 is 0 Å². The molecular formula is C29H20BrClN4O2. The Morgan fingerprint density at radius 2 is 1.81 bits per heavy atom. The average molecular weight is 572 g/mol. The molecule has 0 amide bonds. The van der Waals surface area contributed by atoms with E-state index in [-0.39, 0.29) is 11.4 Å². The summed E-state index contributed by atoms with van der Waals surface area (Å²) in [4.78, 5) is 4.56. The zero-order chi connectivity index (χ0) is 25.5. The minimum absolute atomic E-state index is 0.191. The second-order valence-corrected chi connectivity index (χ2v) is 9.96. The Balaban J connectivity index is 1.56. The van der Waals surface area contributed by atoms with Crippen LogP contribution in [0.4, 0.5) is 0 Å². The minimum Gasteiger partial charge on any atom is -0.497 e. The van der Waals surface area contributed by atoms with E-state index in [0.29, 0.717) is 16.5 Å². The van der Waals surface area contributed by atoms with Gasteiger partial charge in [-0.2, -0.15) is 5.10 Å². The molecule has 8 heteroatoms. The fraction of sp³-hybridized carbons (Fsp3) is 0.0690. The van der Waals surface area contributed by atoms with Crippen LogP contribution in [0.25, 0.3) is 10.8 Å². The number of fused-ring (bicyclic) bond motifs is 4. The van der Waals surface area contributed by atoms with Gasteiger partial charge in [-0.3, -0.25) is 5.41 Å². The molecule has 0 saturated heterocycles. The normalized spacial score (nSPS) is 14.3. The summed E-state index contributed by atoms with van der Waals surface area (Å²) in [6.45, 7) is 0. The Morgan fingerprint density at radius 3 is 2.57 bits per heavy atom. The van der Waals surface area contributed by atoms with Crippen molar-refractivity contribution in [2.24, 2.45) is 5.10 Å². The van der Waals surface area contributed by atoms with Gasteiger partial charge in [0.1, 0.15) is 17.8 Å². The van der Waals surface area contributed by atoms with Crippen LogP contribution in [-0.4, -0.2) is 23.0 Å². The van der Waals surface area contributed by atoms with Crippen LogP contribution >= 0.6 is 27.5 Å². The van der Waals surface area contributed by atoms with Gasteiger partial charge in [-0.05, 0) is 64.4 Å². The van der Waals surface area contributed by atoms with Gasteiger partial charge in [-0.15, -0.1) is 0 Å². The zero-order valence-corrected chi connectivity index (χ0v) is 22.0. The van der Waals surface area contributed by atoms with Crippen LogP contribution in [0.3, 0.4) is 0 Å². The van der Waals surface area contributed by atoms with Crippen molar-refractivity contribution in [2.45, 2.75) is 5.92 Å². The first-order valence-electron chi connectivity index (χ1n) is 11.5. The van der Waals surface area contributed by atoms with Crippen LogP contribution in [0.2, 0.25) is 5.02 Å². The van der Waals surface area contributed by atoms with E-state index in [4.69, 9.17) is 26.5 Å². The highest BCUT2D eigenvalue weighted by atomic mass is 79.9. The van der Waals surface area contributed by atoms with E-state index >= 15 is 0 Å². The molecule has 0 fully saturated rings. The zero-order valence-electron chi connectivity index (χ0n) is 19.7. The number of hydrogen-bond donors (Lipinski definition) is 1. The summed E-state index contributed by atoms with van der Waals surface area (Å²) >= 11 is 9.58. The molecule has 4 aromatic carbocycles. The highest BCUT2D eigenvalue weighted by Gasteiger charge is 2.33. The van der Waals surface area contributed by atoms with Crippen LogP contribution in [0.1, 0.15) is 28.2 Å². The predicted molar refractivity (Wildman–Crippen MR) is 148 cm³/mol. The molecule has 0 spiro atoms. The monoisotopic (exact) mass is 570 g/mol. The molecule has 37 heavy (non-hydrogen) atoms. The summed E-state index contributed by atoms with van der Waals surface area (Å²) in [5.74, 6) is 1.58. The first kappa shape index (κ1) is 23.5. The molecule has 1 N–H and O–H groups in total. The van der Waals surface area contributed by atoms with Gasteiger partial charge in [-0.1, -0.05) is 63.9 Å². The van der Waals surface area contributed by atoms with E-state index in [1.165, 1.54) is 11.0 Å². The molecule has 182 valence electrons. The Labute approximate surface area is 226 Å². The Hall–Kier alpha value is -3.94. The van der Waals surface area contributed by atoms with Crippen LogP contribution in [-0.2, 0) is 0 Å². The lowest BCUT2D eigenvalue weighted by Crippen LogP contribution is -2.28. The van der Waals surface area contributed by atoms with Crippen molar-refractivity contribution in [1.29, 1.82) is 5.41 Å². The second-order valence-electron chi connectivity index (χ2n) is 8.60. The molecule has 1 aliphatic rings. The Kier molecular flexibility index (Phi) is 6.02. The van der Waals surface area contributed by atoms with Gasteiger partial charge in [0, 0.05) is 21.0 Å². The molecule has 0 saturated carbocycles. The first-order valence-corrected chi connectivity index (χ1v) is 12.7. The van der Waals surface area contributed by atoms with E-state index in [1.807, 2.05) is 54.6 Å². The Bertz CT molecular complexity index is 1730. The molecule has 6 rings (SSSR count). The lowest BCUT2D eigenvalue weighted by atomic mass is 9.81. The molecule has 1 aromatic heterocycles. The van der Waals surface area contributed by atoms with E-state index in [1.54, 1.807) is 25.5 Å². The van der Waals surface area contributed by atoms with Crippen molar-refractivity contribution in [1.82, 2.24) is 9.66 Å². The smallest absolute Gasteiger partial charge is 0.228 e. The molecule has 0 radical (unpaired) electrons. The lowest BCUT2D eigenvalue weighted by molar-refractivity contribution is 0.414. The predicted octanol–water partition coefficient (Wildman–Crippen LogP) is 7.11. The van der Waals surface area contributed by atoms with Crippen molar-refractivity contribution in [3.63, 3.8) is 0 Å². The summed E-state index contributed by atoms with van der Waals surface area (Å²) in [6, 6.07) is 25.4. The minimum atomic E-state index is -0.298. The first-order chi connectivity index (χ1) is 18.0. The summed E-state index contributed by atoms with van der Waals surface area (Å²) in [7, 11) is 1.65. The highest BCUT2D eigenvalue weighted by molar-refractivity contribution is 9.10. The van der Waals surface area contributed by atoms with Crippen molar-refractivity contribution in [2.75, 3.05) is 7.11 Å². The molecule has 5 aromatic rings. The number of nitrogens with one attached hydrogen (secondary N) is 1. The number of ether oxygens (including phenoxy) is 2. The van der Waals surface area contributed by atoms with Gasteiger partial charge in [0.15, 0.2) is 5.49 Å². The molecule has 1 unspecified atom stereocenters. The molecule has 1 aliphatic heterocycles. The van der Waals surface area contributed by atoms with E-state index in [0.717, 1.165) is 43.4 Å². The molecular weight excluding hydrogens is 552 g/mol. The quantitative estimate of drug-likeness (QED) is 0.229. The second kappa shape index (κ2) is 9.50. The van der Waals surface area contributed by atoms with Gasteiger partial charge in [0.05, 0.1) is 18.9 Å². The van der Waals surface area contributed by atoms with Crippen LogP contribution in [0.15, 0.2) is 94.8 Å². The fourth-order valence-corrected chi connectivity index (χ4v) is 5.14. The Morgan fingerprint density at radius 1 is 1.03 bits per heavy atom. The van der Waals surface area contributed by atoms with Crippen LogP contribution < -0.4 is 15.0 Å². The number of nitrogens with zero attached hydrogens (tertiary/aromatic N) is 3. The third-order valence-electron chi connectivity index (χ3n) is 6.42. The van der Waals surface area contributed by atoms with Gasteiger partial charge in [0.25, 0.3) is 0 Å². The van der Waals surface area contributed by atoms with Crippen molar-refractivity contribution in [3.05, 3.63) is 122 Å². The molecule has 0 bridgehead atoms. The molecule has 6 nitrogen and oxygen atoms in total. The van der Waals surface area contributed by atoms with E-state index in [9.17, 15) is 0 Å². The lowest BCUT2D eigenvalue weighted by Gasteiger charge is -2.29. The number of rotatable bonds is 4. The van der Waals surface area contributed by atoms with Crippen molar-refractivity contribution in [3.8, 4) is 17.4 Å². The molecule has 1 atom stereocenters. The standard InChI is InChI=1S/C29H20BrClN4O2/c1-36-22-10-4-18(5-11-22)25-26-23-12-7-20(30)14-19(23)6-13-24(26)37-29-27(25)28(32)35(16-33-29)34-15-17-2-8-21(31)9-3-17/h2-16,25,32H,1H3/b32-28?,34-15+. The molecule has 2 heterocycles. The summed E-state index contributed by atoms with van der Waals surface area (Å²) in [5.41, 5.74) is 3.67. The van der Waals surface area contributed by atoms with Gasteiger partial charge in [0.2, 0.25) is 5.88 Å². The maximum Gasteiger partial charge on any atom is 0.228 e. The average Bonchev–Trinajstić information content (AvgIpc) is 2.92.